The molecule has 29 heavy (non-hydrogen) atoms. The van der Waals surface area contributed by atoms with Gasteiger partial charge >= 0.3 is 0 Å². The molecule has 0 bridgehead atoms. The average Bonchev–Trinajstić information content (AvgIpc) is 3.41. The van der Waals surface area contributed by atoms with Crippen molar-refractivity contribution in [2.24, 2.45) is 10.9 Å². The first-order valence-corrected chi connectivity index (χ1v) is 10.5. The van der Waals surface area contributed by atoms with Crippen LogP contribution in [0.4, 0.5) is 5.69 Å². The smallest absolute Gasteiger partial charge is 0.191 e. The van der Waals surface area contributed by atoms with Crippen molar-refractivity contribution in [3.8, 4) is 5.75 Å². The van der Waals surface area contributed by atoms with Crippen LogP contribution in [0.1, 0.15) is 26.1 Å². The van der Waals surface area contributed by atoms with E-state index in [-0.39, 0.29) is 0 Å². The third-order valence-electron chi connectivity index (χ3n) is 5.21. The number of nitrogens with zero attached hydrogens (tertiary/aromatic N) is 5. The molecule has 3 rings (SSSR count). The Morgan fingerprint density at radius 3 is 3.00 bits per heavy atom. The first-order valence-electron chi connectivity index (χ1n) is 10.5. The molecule has 1 unspecified atom stereocenters. The summed E-state index contributed by atoms with van der Waals surface area (Å²) in [6.07, 6.45) is 3.83. The molecule has 0 aliphatic carbocycles. The molecule has 2 heterocycles. The Bertz CT molecular complexity index is 789. The molecule has 2 aromatic rings. The van der Waals surface area contributed by atoms with E-state index in [9.17, 15) is 0 Å². The topological polar surface area (TPSA) is 79.6 Å². The van der Waals surface area contributed by atoms with E-state index in [1.807, 2.05) is 12.1 Å². The largest absolute Gasteiger partial charge is 0.497 e. The lowest BCUT2D eigenvalue weighted by Crippen LogP contribution is -2.39. The van der Waals surface area contributed by atoms with E-state index in [1.54, 1.807) is 13.4 Å². The maximum absolute atomic E-state index is 5.35. The van der Waals surface area contributed by atoms with Crippen LogP contribution >= 0.6 is 0 Å². The fourth-order valence-electron chi connectivity index (χ4n) is 3.62. The van der Waals surface area contributed by atoms with Crippen LogP contribution in [-0.4, -0.2) is 60.6 Å². The summed E-state index contributed by atoms with van der Waals surface area (Å²) < 4.78 is 7.43. The van der Waals surface area contributed by atoms with Crippen molar-refractivity contribution >= 4 is 11.6 Å². The van der Waals surface area contributed by atoms with Crippen LogP contribution in [0.3, 0.4) is 0 Å². The van der Waals surface area contributed by atoms with Gasteiger partial charge in [0.1, 0.15) is 17.9 Å². The second-order valence-electron chi connectivity index (χ2n) is 7.24. The van der Waals surface area contributed by atoms with Crippen LogP contribution in [-0.2, 0) is 13.0 Å². The highest BCUT2D eigenvalue weighted by molar-refractivity contribution is 5.79. The minimum atomic E-state index is 0.557. The number of aliphatic imine (C=N–C) groups is 1. The molecule has 1 aliphatic heterocycles. The fraction of sp³-hybridized carbons (Fsp3) is 0.571. The second-order valence-corrected chi connectivity index (χ2v) is 7.24. The lowest BCUT2D eigenvalue weighted by atomic mass is 10.1. The van der Waals surface area contributed by atoms with Crippen molar-refractivity contribution in [3.05, 3.63) is 36.4 Å². The minimum Gasteiger partial charge on any atom is -0.497 e. The average molecular weight is 400 g/mol. The Morgan fingerprint density at radius 1 is 1.31 bits per heavy atom. The van der Waals surface area contributed by atoms with Crippen molar-refractivity contribution in [3.63, 3.8) is 0 Å². The second kappa shape index (κ2) is 10.7. The number of anilines is 1. The van der Waals surface area contributed by atoms with E-state index in [0.29, 0.717) is 5.92 Å². The monoisotopic (exact) mass is 399 g/mol. The van der Waals surface area contributed by atoms with Gasteiger partial charge in [0, 0.05) is 57.4 Å². The van der Waals surface area contributed by atoms with Gasteiger partial charge in [-0.05, 0) is 31.4 Å². The zero-order chi connectivity index (χ0) is 20.5. The molecular formula is C21H33N7O. The first kappa shape index (κ1) is 21.0. The number of aromatic nitrogens is 3. The van der Waals surface area contributed by atoms with Gasteiger partial charge in [-0.15, -0.1) is 10.2 Å². The molecule has 1 fully saturated rings. The summed E-state index contributed by atoms with van der Waals surface area (Å²) in [5.41, 5.74) is 1.22. The Labute approximate surface area is 173 Å². The maximum Gasteiger partial charge on any atom is 0.191 e. The number of nitrogens with one attached hydrogen (secondary N) is 2. The lowest BCUT2D eigenvalue weighted by Gasteiger charge is -2.19. The highest BCUT2D eigenvalue weighted by atomic mass is 16.5. The fourth-order valence-corrected chi connectivity index (χ4v) is 3.62. The molecule has 0 spiro atoms. The van der Waals surface area contributed by atoms with E-state index in [2.05, 4.69) is 56.3 Å². The summed E-state index contributed by atoms with van der Waals surface area (Å²) in [6, 6.07) is 8.29. The maximum atomic E-state index is 5.35. The molecule has 1 aromatic heterocycles. The standard InChI is InChI=1S/C21H33N7O/c1-4-20-26-25-16-28(20)12-10-23-21(22-5-2)24-14-17-9-11-27(15-17)18-7-6-8-19(13-18)29-3/h6-8,13,16-17H,4-5,9-12,14-15H2,1-3H3,(H2,22,23,24). The predicted molar refractivity (Wildman–Crippen MR) is 117 cm³/mol. The van der Waals surface area contributed by atoms with E-state index in [0.717, 1.165) is 69.6 Å². The summed E-state index contributed by atoms with van der Waals surface area (Å²) in [5.74, 6) is 3.35. The molecule has 1 aromatic carbocycles. The number of rotatable bonds is 9. The zero-order valence-electron chi connectivity index (χ0n) is 17.8. The molecule has 8 heteroatoms. The van der Waals surface area contributed by atoms with E-state index < -0.39 is 0 Å². The number of ether oxygens (including phenoxy) is 1. The Balaban J connectivity index is 1.49. The SMILES string of the molecule is CCNC(=NCC1CCN(c2cccc(OC)c2)C1)NCCn1cnnc1CC. The molecule has 0 saturated carbocycles. The molecule has 8 nitrogen and oxygen atoms in total. The predicted octanol–water partition coefficient (Wildman–Crippen LogP) is 1.93. The van der Waals surface area contributed by atoms with Crippen LogP contribution < -0.4 is 20.3 Å². The van der Waals surface area contributed by atoms with Gasteiger partial charge in [0.25, 0.3) is 0 Å². The van der Waals surface area contributed by atoms with Gasteiger partial charge in [-0.3, -0.25) is 4.99 Å². The molecule has 2 N–H and O–H groups in total. The number of hydrogen-bond acceptors (Lipinski definition) is 5. The minimum absolute atomic E-state index is 0.557. The number of benzene rings is 1. The number of hydrogen-bond donors (Lipinski definition) is 2. The normalized spacial score (nSPS) is 16.9. The molecule has 1 atom stereocenters. The van der Waals surface area contributed by atoms with Crippen LogP contribution in [0, 0.1) is 5.92 Å². The van der Waals surface area contributed by atoms with Gasteiger partial charge in [0.15, 0.2) is 5.96 Å². The number of methoxy groups -OCH3 is 1. The highest BCUT2D eigenvalue weighted by Gasteiger charge is 2.22. The van der Waals surface area contributed by atoms with Crippen LogP contribution in [0.5, 0.6) is 5.75 Å². The third kappa shape index (κ3) is 5.85. The van der Waals surface area contributed by atoms with Gasteiger partial charge in [-0.25, -0.2) is 0 Å². The van der Waals surface area contributed by atoms with E-state index in [4.69, 9.17) is 9.73 Å². The van der Waals surface area contributed by atoms with Gasteiger partial charge in [0.05, 0.1) is 7.11 Å². The van der Waals surface area contributed by atoms with Gasteiger partial charge < -0.3 is 24.8 Å². The summed E-state index contributed by atoms with van der Waals surface area (Å²) in [4.78, 5) is 7.24. The van der Waals surface area contributed by atoms with Gasteiger partial charge in [-0.1, -0.05) is 13.0 Å². The molecule has 0 radical (unpaired) electrons. The lowest BCUT2D eigenvalue weighted by molar-refractivity contribution is 0.415. The van der Waals surface area contributed by atoms with Crippen LogP contribution in [0.2, 0.25) is 0 Å². The van der Waals surface area contributed by atoms with Crippen molar-refractivity contribution in [1.82, 2.24) is 25.4 Å². The van der Waals surface area contributed by atoms with Gasteiger partial charge in [-0.2, -0.15) is 0 Å². The molecule has 0 amide bonds. The van der Waals surface area contributed by atoms with Crippen LogP contribution in [0.25, 0.3) is 0 Å². The Morgan fingerprint density at radius 2 is 2.21 bits per heavy atom. The number of guanidine groups is 1. The molecule has 158 valence electrons. The summed E-state index contributed by atoms with van der Waals surface area (Å²) in [6.45, 7) is 9.55. The van der Waals surface area contributed by atoms with Crippen molar-refractivity contribution in [2.75, 3.05) is 44.7 Å². The Hall–Kier alpha value is -2.77. The van der Waals surface area contributed by atoms with Crippen molar-refractivity contribution < 1.29 is 4.74 Å². The van der Waals surface area contributed by atoms with E-state index in [1.165, 1.54) is 5.69 Å². The molecule has 1 saturated heterocycles. The first-order chi connectivity index (χ1) is 14.2. The quantitative estimate of drug-likeness (QED) is 0.495. The van der Waals surface area contributed by atoms with Crippen LogP contribution in [0.15, 0.2) is 35.6 Å². The van der Waals surface area contributed by atoms with Gasteiger partial charge in [0.2, 0.25) is 0 Å². The molecular weight excluding hydrogens is 366 g/mol. The highest BCUT2D eigenvalue weighted by Crippen LogP contribution is 2.26. The van der Waals surface area contributed by atoms with E-state index >= 15 is 0 Å². The zero-order valence-corrected chi connectivity index (χ0v) is 17.8. The van der Waals surface area contributed by atoms with Crippen molar-refractivity contribution in [1.29, 1.82) is 0 Å². The Kier molecular flexibility index (Phi) is 7.72. The third-order valence-corrected chi connectivity index (χ3v) is 5.21. The molecule has 1 aliphatic rings. The number of aryl methyl sites for hydroxylation is 1. The summed E-state index contributed by atoms with van der Waals surface area (Å²) >= 11 is 0. The summed E-state index contributed by atoms with van der Waals surface area (Å²) in [5, 5.41) is 14.9. The summed E-state index contributed by atoms with van der Waals surface area (Å²) in [7, 11) is 1.71. The van der Waals surface area contributed by atoms with Crippen molar-refractivity contribution in [2.45, 2.75) is 33.2 Å².